The van der Waals surface area contributed by atoms with E-state index in [-0.39, 0.29) is 5.76 Å². The Hall–Kier alpha value is -1.44. The molecule has 0 bridgehead atoms. The van der Waals surface area contributed by atoms with Crippen LogP contribution in [0.1, 0.15) is 27.7 Å². The Bertz CT molecular complexity index is 368. The molecule has 0 saturated heterocycles. The molecule has 14 heavy (non-hydrogen) atoms. The minimum atomic E-state index is 0.275. The van der Waals surface area contributed by atoms with Crippen LogP contribution < -0.4 is 0 Å². The highest BCUT2D eigenvalue weighted by Gasteiger charge is 2.20. The third kappa shape index (κ3) is 1.60. The molecule has 76 valence electrons. The molecule has 0 aromatic carbocycles. The maximum atomic E-state index is 9.79. The van der Waals surface area contributed by atoms with Gasteiger partial charge in [-0.15, -0.1) is 0 Å². The van der Waals surface area contributed by atoms with E-state index in [9.17, 15) is 5.11 Å². The minimum absolute atomic E-state index is 0.275. The second kappa shape index (κ2) is 3.74. The summed E-state index contributed by atoms with van der Waals surface area (Å²) in [6.45, 7) is 11.3. The van der Waals surface area contributed by atoms with E-state index in [0.717, 1.165) is 11.1 Å². The molecule has 0 atom stereocenters. The first-order valence-corrected chi connectivity index (χ1v) is 4.60. The first-order valence-electron chi connectivity index (χ1n) is 4.60. The first kappa shape index (κ1) is 10.6. The highest BCUT2D eigenvalue weighted by atomic mass is 16.5. The highest BCUT2D eigenvalue weighted by Crippen LogP contribution is 2.32. The predicted octanol–water partition coefficient (Wildman–Crippen LogP) is 3.60. The molecule has 1 aliphatic heterocycles. The Kier molecular flexibility index (Phi) is 2.84. The van der Waals surface area contributed by atoms with Crippen molar-refractivity contribution in [2.24, 2.45) is 0 Å². The fourth-order valence-electron chi connectivity index (χ4n) is 1.30. The van der Waals surface area contributed by atoms with Gasteiger partial charge in [-0.3, -0.25) is 0 Å². The summed E-state index contributed by atoms with van der Waals surface area (Å²) in [7, 11) is 0. The number of allylic oxidation sites excluding steroid dienone is 4. The predicted molar refractivity (Wildman–Crippen MR) is 57.7 cm³/mol. The fraction of sp³-hybridized carbons (Fsp3) is 0.333. The van der Waals surface area contributed by atoms with Gasteiger partial charge in [-0.25, -0.2) is 0 Å². The largest absolute Gasteiger partial charge is 0.507 e. The van der Waals surface area contributed by atoms with E-state index >= 15 is 0 Å². The molecular formula is C12H16O2. The summed E-state index contributed by atoms with van der Waals surface area (Å²) >= 11 is 0. The van der Waals surface area contributed by atoms with E-state index in [0.29, 0.717) is 17.1 Å². The van der Waals surface area contributed by atoms with Gasteiger partial charge in [0, 0.05) is 11.1 Å². The number of hydrogen-bond acceptors (Lipinski definition) is 2. The Morgan fingerprint density at radius 3 is 2.43 bits per heavy atom. The van der Waals surface area contributed by atoms with Crippen LogP contribution >= 0.6 is 0 Å². The van der Waals surface area contributed by atoms with Crippen molar-refractivity contribution in [3.8, 4) is 0 Å². The van der Waals surface area contributed by atoms with Gasteiger partial charge in [-0.2, -0.15) is 0 Å². The van der Waals surface area contributed by atoms with Crippen molar-refractivity contribution < 1.29 is 9.84 Å². The number of aliphatic hydroxyl groups is 1. The summed E-state index contributed by atoms with van der Waals surface area (Å²) in [5.74, 6) is 1.50. The molecular weight excluding hydrogens is 176 g/mol. The lowest BCUT2D eigenvalue weighted by atomic mass is 10.0. The van der Waals surface area contributed by atoms with Crippen LogP contribution in [0, 0.1) is 0 Å². The summed E-state index contributed by atoms with van der Waals surface area (Å²) in [5, 5.41) is 9.79. The lowest BCUT2D eigenvalue weighted by Gasteiger charge is -2.22. The van der Waals surface area contributed by atoms with Gasteiger partial charge in [0.1, 0.15) is 17.3 Å². The van der Waals surface area contributed by atoms with E-state index < -0.39 is 0 Å². The maximum Gasteiger partial charge on any atom is 0.136 e. The van der Waals surface area contributed by atoms with Gasteiger partial charge in [-0.05, 0) is 33.3 Å². The third-order valence-electron chi connectivity index (χ3n) is 2.49. The monoisotopic (exact) mass is 192 g/mol. The normalized spacial score (nSPS) is 18.9. The zero-order chi connectivity index (χ0) is 10.9. The number of rotatable bonds is 1. The zero-order valence-corrected chi connectivity index (χ0v) is 9.14. The average molecular weight is 192 g/mol. The van der Waals surface area contributed by atoms with Crippen molar-refractivity contribution in [2.75, 3.05) is 0 Å². The summed E-state index contributed by atoms with van der Waals surface area (Å²) < 4.78 is 5.53. The van der Waals surface area contributed by atoms with Crippen LogP contribution in [0.15, 0.2) is 46.7 Å². The summed E-state index contributed by atoms with van der Waals surface area (Å²) in [6.07, 6.45) is 1.94. The molecule has 0 spiro atoms. The fourth-order valence-corrected chi connectivity index (χ4v) is 1.30. The standard InChI is InChI=1S/C12H16O2/c1-6-7(2)12-9(4)11(13)8(3)10(5)14-12/h6,13H,5H2,1-4H3/b7-6+. The summed E-state index contributed by atoms with van der Waals surface area (Å²) in [6, 6.07) is 0. The molecule has 0 amide bonds. The van der Waals surface area contributed by atoms with Crippen LogP contribution in [0.4, 0.5) is 0 Å². The first-order chi connectivity index (χ1) is 6.49. The van der Waals surface area contributed by atoms with E-state index in [1.807, 2.05) is 26.8 Å². The number of hydrogen-bond donors (Lipinski definition) is 1. The maximum absolute atomic E-state index is 9.79. The van der Waals surface area contributed by atoms with Crippen LogP contribution in [0.2, 0.25) is 0 Å². The molecule has 0 fully saturated rings. The minimum Gasteiger partial charge on any atom is -0.507 e. The Morgan fingerprint density at radius 2 is 1.93 bits per heavy atom. The van der Waals surface area contributed by atoms with Gasteiger partial charge >= 0.3 is 0 Å². The van der Waals surface area contributed by atoms with Gasteiger partial charge in [0.05, 0.1) is 0 Å². The van der Waals surface area contributed by atoms with Gasteiger partial charge in [0.2, 0.25) is 0 Å². The average Bonchev–Trinajstić information content (AvgIpc) is 2.19. The van der Waals surface area contributed by atoms with Gasteiger partial charge in [0.25, 0.3) is 0 Å². The number of ether oxygens (including phenoxy) is 1. The van der Waals surface area contributed by atoms with Crippen molar-refractivity contribution in [1.82, 2.24) is 0 Å². The zero-order valence-electron chi connectivity index (χ0n) is 9.14. The van der Waals surface area contributed by atoms with Crippen LogP contribution in [0.5, 0.6) is 0 Å². The van der Waals surface area contributed by atoms with E-state index in [4.69, 9.17) is 4.74 Å². The Balaban J connectivity index is 3.27. The molecule has 1 heterocycles. The second-order valence-electron chi connectivity index (χ2n) is 3.42. The summed E-state index contributed by atoms with van der Waals surface area (Å²) in [4.78, 5) is 0. The molecule has 0 unspecified atom stereocenters. The van der Waals surface area contributed by atoms with Crippen LogP contribution in [0.25, 0.3) is 0 Å². The van der Waals surface area contributed by atoms with Crippen molar-refractivity contribution in [3.63, 3.8) is 0 Å². The van der Waals surface area contributed by atoms with Crippen LogP contribution in [-0.2, 0) is 4.74 Å². The molecule has 1 rings (SSSR count). The van der Waals surface area contributed by atoms with Crippen molar-refractivity contribution >= 4 is 0 Å². The molecule has 0 aromatic heterocycles. The van der Waals surface area contributed by atoms with Crippen molar-refractivity contribution in [2.45, 2.75) is 27.7 Å². The molecule has 1 aliphatic rings. The number of aliphatic hydroxyl groups excluding tert-OH is 1. The van der Waals surface area contributed by atoms with E-state index in [1.165, 1.54) is 0 Å². The highest BCUT2D eigenvalue weighted by molar-refractivity contribution is 5.46. The van der Waals surface area contributed by atoms with Crippen LogP contribution in [-0.4, -0.2) is 5.11 Å². The molecule has 0 aliphatic carbocycles. The van der Waals surface area contributed by atoms with Gasteiger partial charge < -0.3 is 9.84 Å². The lowest BCUT2D eigenvalue weighted by Crippen LogP contribution is -2.08. The van der Waals surface area contributed by atoms with Gasteiger partial charge in [-0.1, -0.05) is 12.7 Å². The van der Waals surface area contributed by atoms with Crippen LogP contribution in [0.3, 0.4) is 0 Å². The SMILES string of the molecule is C=C1OC(/C(C)=C/C)=C(C)C(O)=C1C. The summed E-state index contributed by atoms with van der Waals surface area (Å²) in [5.41, 5.74) is 2.48. The van der Waals surface area contributed by atoms with Crippen molar-refractivity contribution in [3.05, 3.63) is 46.7 Å². The third-order valence-corrected chi connectivity index (χ3v) is 2.49. The Morgan fingerprint density at radius 1 is 1.36 bits per heavy atom. The smallest absolute Gasteiger partial charge is 0.136 e. The molecule has 0 saturated carbocycles. The molecule has 0 radical (unpaired) electrons. The molecule has 1 N–H and O–H groups in total. The topological polar surface area (TPSA) is 29.5 Å². The molecule has 2 heteroatoms. The molecule has 2 nitrogen and oxygen atoms in total. The lowest BCUT2D eigenvalue weighted by molar-refractivity contribution is 0.292. The molecule has 0 aromatic rings. The van der Waals surface area contributed by atoms with Gasteiger partial charge in [0.15, 0.2) is 0 Å². The van der Waals surface area contributed by atoms with Crippen molar-refractivity contribution in [1.29, 1.82) is 0 Å². The Labute approximate surface area is 84.9 Å². The van der Waals surface area contributed by atoms with E-state index in [2.05, 4.69) is 6.58 Å². The quantitative estimate of drug-likeness (QED) is 0.687. The second-order valence-corrected chi connectivity index (χ2v) is 3.42. The van der Waals surface area contributed by atoms with E-state index in [1.54, 1.807) is 6.92 Å².